The maximum Gasteiger partial charge on any atom is 0.237 e. The number of piperidine rings is 1. The van der Waals surface area contributed by atoms with Gasteiger partial charge in [-0.1, -0.05) is 0 Å². The van der Waals surface area contributed by atoms with E-state index in [9.17, 15) is 13.2 Å². The van der Waals surface area contributed by atoms with Gasteiger partial charge in [-0.15, -0.1) is 0 Å². The van der Waals surface area contributed by atoms with E-state index in [1.165, 1.54) is 0 Å². The predicted octanol–water partition coefficient (Wildman–Crippen LogP) is 1.25. The van der Waals surface area contributed by atoms with Gasteiger partial charge in [0.25, 0.3) is 0 Å². The second-order valence-electron chi connectivity index (χ2n) is 6.01. The lowest BCUT2D eigenvalue weighted by atomic mass is 9.94. The van der Waals surface area contributed by atoms with Gasteiger partial charge >= 0.3 is 0 Å². The molecule has 0 radical (unpaired) electrons. The van der Waals surface area contributed by atoms with Gasteiger partial charge < -0.3 is 4.90 Å². The Kier molecular flexibility index (Phi) is 4.70. The van der Waals surface area contributed by atoms with Crippen molar-refractivity contribution in [1.29, 1.82) is 0 Å². The molecule has 1 saturated heterocycles. The first kappa shape index (κ1) is 16.0. The Morgan fingerprint density at radius 3 is 2.81 bits per heavy atom. The minimum atomic E-state index is -3.34. The lowest BCUT2D eigenvalue weighted by molar-refractivity contribution is -0.129. The molecule has 1 aromatic rings. The minimum absolute atomic E-state index is 0.189. The zero-order valence-corrected chi connectivity index (χ0v) is 13.6. The molecule has 0 spiro atoms. The molecular weight excluding hydrogens is 290 g/mol. The summed E-state index contributed by atoms with van der Waals surface area (Å²) in [5.74, 6) is -0.494. The van der Waals surface area contributed by atoms with E-state index in [0.29, 0.717) is 13.1 Å². The number of nitrogens with one attached hydrogen (secondary N) is 1. The van der Waals surface area contributed by atoms with Crippen molar-refractivity contribution < 1.29 is 13.2 Å². The van der Waals surface area contributed by atoms with E-state index in [4.69, 9.17) is 0 Å². The molecule has 1 aliphatic heterocycles. The number of likely N-dealkylation sites (tertiary alicyclic amines) is 1. The van der Waals surface area contributed by atoms with Crippen LogP contribution in [0.15, 0.2) is 6.07 Å². The highest BCUT2D eigenvalue weighted by molar-refractivity contribution is 7.92. The van der Waals surface area contributed by atoms with Crippen LogP contribution in [0.5, 0.6) is 0 Å². The minimum Gasteiger partial charge on any atom is -0.341 e. The van der Waals surface area contributed by atoms with Crippen molar-refractivity contribution in [2.45, 2.75) is 44.8 Å². The molecule has 1 unspecified atom stereocenters. The average molecular weight is 313 g/mol. The predicted molar refractivity (Wildman–Crippen MR) is 80.8 cm³/mol. The van der Waals surface area contributed by atoms with Crippen LogP contribution < -0.4 is 0 Å². The van der Waals surface area contributed by atoms with E-state index in [2.05, 4.69) is 10.2 Å². The maximum atomic E-state index is 12.2. The largest absolute Gasteiger partial charge is 0.341 e. The lowest BCUT2D eigenvalue weighted by Crippen LogP contribution is -2.43. The molecule has 2 heterocycles. The van der Waals surface area contributed by atoms with Gasteiger partial charge in [0.05, 0.1) is 10.9 Å². The monoisotopic (exact) mass is 313 g/mol. The van der Waals surface area contributed by atoms with E-state index >= 15 is 0 Å². The van der Waals surface area contributed by atoms with Crippen molar-refractivity contribution in [2.75, 3.05) is 18.8 Å². The van der Waals surface area contributed by atoms with Crippen LogP contribution in [0, 0.1) is 6.92 Å². The van der Waals surface area contributed by atoms with Gasteiger partial charge in [-0.3, -0.25) is 9.89 Å². The number of hydrogen-bond donors (Lipinski definition) is 1. The van der Waals surface area contributed by atoms with Crippen molar-refractivity contribution in [3.63, 3.8) is 0 Å². The number of aromatic amines is 1. The summed E-state index contributed by atoms with van der Waals surface area (Å²) in [6, 6.07) is 1.99. The Morgan fingerprint density at radius 2 is 2.24 bits per heavy atom. The average Bonchev–Trinajstić information content (AvgIpc) is 2.85. The number of sulfone groups is 1. The van der Waals surface area contributed by atoms with Crippen molar-refractivity contribution in [3.05, 3.63) is 17.5 Å². The summed E-state index contributed by atoms with van der Waals surface area (Å²) in [6.45, 7) is 6.34. The Morgan fingerprint density at radius 1 is 1.52 bits per heavy atom. The SMILES string of the molecule is Cc1cc(C2CCCN(C(=O)CS(=O)(=O)C(C)C)C2)n[nH]1. The molecule has 1 aromatic heterocycles. The molecule has 1 fully saturated rings. The first-order chi connectivity index (χ1) is 9.79. The zero-order valence-electron chi connectivity index (χ0n) is 12.8. The standard InChI is InChI=1S/C14H23N3O3S/c1-10(2)21(19,20)9-14(18)17-6-4-5-12(8-17)13-7-11(3)15-16-13/h7,10,12H,4-6,8-9H2,1-3H3,(H,15,16). The molecule has 2 rings (SSSR count). The quantitative estimate of drug-likeness (QED) is 0.907. The fraction of sp³-hybridized carbons (Fsp3) is 0.714. The molecule has 7 heteroatoms. The van der Waals surface area contributed by atoms with Crippen LogP contribution in [0.3, 0.4) is 0 Å². The summed E-state index contributed by atoms with van der Waals surface area (Å²) < 4.78 is 23.7. The molecule has 21 heavy (non-hydrogen) atoms. The summed E-state index contributed by atoms with van der Waals surface area (Å²) in [5.41, 5.74) is 1.95. The van der Waals surface area contributed by atoms with Gasteiger partial charge in [0.1, 0.15) is 5.75 Å². The van der Waals surface area contributed by atoms with Crippen LogP contribution in [0.2, 0.25) is 0 Å². The van der Waals surface area contributed by atoms with Crippen LogP contribution in [0.4, 0.5) is 0 Å². The first-order valence-corrected chi connectivity index (χ1v) is 9.02. The third kappa shape index (κ3) is 3.84. The molecule has 0 saturated carbocycles. The smallest absolute Gasteiger partial charge is 0.237 e. The number of aryl methyl sites for hydroxylation is 1. The van der Waals surface area contributed by atoms with Crippen molar-refractivity contribution in [2.24, 2.45) is 0 Å². The van der Waals surface area contributed by atoms with E-state index in [1.807, 2.05) is 13.0 Å². The Hall–Kier alpha value is -1.37. The van der Waals surface area contributed by atoms with E-state index < -0.39 is 20.8 Å². The second kappa shape index (κ2) is 6.17. The summed E-state index contributed by atoms with van der Waals surface area (Å²) in [5, 5.41) is 6.65. The Bertz CT molecular complexity index is 607. The second-order valence-corrected chi connectivity index (χ2v) is 8.57. The Labute approximate surface area is 125 Å². The van der Waals surface area contributed by atoms with Crippen molar-refractivity contribution >= 4 is 15.7 Å². The summed E-state index contributed by atoms with van der Waals surface area (Å²) in [7, 11) is -3.34. The van der Waals surface area contributed by atoms with Gasteiger partial charge in [-0.25, -0.2) is 8.42 Å². The summed E-state index contributed by atoms with van der Waals surface area (Å²) in [4.78, 5) is 13.9. The maximum absolute atomic E-state index is 12.2. The molecule has 6 nitrogen and oxygen atoms in total. The fourth-order valence-electron chi connectivity index (χ4n) is 2.52. The number of nitrogens with zero attached hydrogens (tertiary/aromatic N) is 2. The topological polar surface area (TPSA) is 83.1 Å². The van der Waals surface area contributed by atoms with Gasteiger partial charge in [0.15, 0.2) is 9.84 Å². The molecular formula is C14H23N3O3S. The summed E-state index contributed by atoms with van der Waals surface area (Å²) >= 11 is 0. The van der Waals surface area contributed by atoms with Crippen LogP contribution in [0.25, 0.3) is 0 Å². The lowest BCUT2D eigenvalue weighted by Gasteiger charge is -2.32. The van der Waals surface area contributed by atoms with Crippen LogP contribution in [-0.4, -0.2) is 53.5 Å². The fourth-order valence-corrected chi connectivity index (χ4v) is 3.38. The zero-order chi connectivity index (χ0) is 15.6. The van der Waals surface area contributed by atoms with Gasteiger partial charge in [0.2, 0.25) is 5.91 Å². The third-order valence-electron chi connectivity index (χ3n) is 3.96. The van der Waals surface area contributed by atoms with E-state index in [0.717, 1.165) is 24.2 Å². The van der Waals surface area contributed by atoms with Gasteiger partial charge in [-0.05, 0) is 39.7 Å². The molecule has 0 aromatic carbocycles. The number of hydrogen-bond acceptors (Lipinski definition) is 4. The van der Waals surface area contributed by atoms with Crippen LogP contribution in [0.1, 0.15) is 44.0 Å². The number of rotatable bonds is 4. The van der Waals surface area contributed by atoms with E-state index in [-0.39, 0.29) is 11.8 Å². The highest BCUT2D eigenvalue weighted by atomic mass is 32.2. The molecule has 1 amide bonds. The van der Waals surface area contributed by atoms with Gasteiger partial charge in [0, 0.05) is 24.7 Å². The number of amides is 1. The van der Waals surface area contributed by atoms with Crippen LogP contribution >= 0.6 is 0 Å². The highest BCUT2D eigenvalue weighted by Crippen LogP contribution is 2.26. The van der Waals surface area contributed by atoms with Gasteiger partial charge in [-0.2, -0.15) is 5.10 Å². The number of aromatic nitrogens is 2. The van der Waals surface area contributed by atoms with Crippen molar-refractivity contribution in [1.82, 2.24) is 15.1 Å². The molecule has 118 valence electrons. The number of carbonyl (C=O) groups excluding carboxylic acids is 1. The summed E-state index contributed by atoms with van der Waals surface area (Å²) in [6.07, 6.45) is 1.86. The molecule has 1 aliphatic rings. The normalized spacial score (nSPS) is 20.0. The molecule has 1 N–H and O–H groups in total. The molecule has 0 aliphatic carbocycles. The van der Waals surface area contributed by atoms with E-state index in [1.54, 1.807) is 18.7 Å². The Balaban J connectivity index is 2.02. The number of H-pyrrole nitrogens is 1. The third-order valence-corrected chi connectivity index (χ3v) is 6.05. The first-order valence-electron chi connectivity index (χ1n) is 7.31. The molecule has 1 atom stereocenters. The van der Waals surface area contributed by atoms with Crippen molar-refractivity contribution in [3.8, 4) is 0 Å². The number of carbonyl (C=O) groups is 1. The molecule has 0 bridgehead atoms. The highest BCUT2D eigenvalue weighted by Gasteiger charge is 2.29. The van der Waals surface area contributed by atoms with Crippen LogP contribution in [-0.2, 0) is 14.6 Å².